The van der Waals surface area contributed by atoms with Crippen LogP contribution in [0.3, 0.4) is 0 Å². The maximum atomic E-state index is 14.6. The second-order valence-electron chi connectivity index (χ2n) is 13.5. The van der Waals surface area contributed by atoms with Crippen LogP contribution in [-0.4, -0.2) is 50.4 Å². The molecule has 1 saturated heterocycles. The summed E-state index contributed by atoms with van der Waals surface area (Å²) in [6, 6.07) is 25.0. The number of piperidine rings is 1. The molecule has 3 heterocycles. The van der Waals surface area contributed by atoms with E-state index in [1.165, 1.54) is 18.2 Å². The first-order chi connectivity index (χ1) is 24.1. The second kappa shape index (κ2) is 15.4. The molecule has 1 aliphatic heterocycles. The molecule has 0 aliphatic carbocycles. The van der Waals surface area contributed by atoms with E-state index in [1.54, 1.807) is 28.8 Å². The quantitative estimate of drug-likeness (QED) is 0.143. The highest BCUT2D eigenvalue weighted by atomic mass is 19.2. The Morgan fingerprint density at radius 2 is 1.56 bits per heavy atom. The first kappa shape index (κ1) is 35.1. The summed E-state index contributed by atoms with van der Waals surface area (Å²) >= 11 is 0. The van der Waals surface area contributed by atoms with E-state index in [0.717, 1.165) is 48.7 Å². The fourth-order valence-corrected chi connectivity index (χ4v) is 6.92. The lowest BCUT2D eigenvalue weighted by atomic mass is 9.99. The zero-order valence-corrected chi connectivity index (χ0v) is 28.8. The van der Waals surface area contributed by atoms with Gasteiger partial charge in [0, 0.05) is 49.2 Å². The number of hydrogen-bond acceptors (Lipinski definition) is 4. The monoisotopic (exact) mass is 680 g/mol. The van der Waals surface area contributed by atoms with Crippen LogP contribution in [0.2, 0.25) is 0 Å². The minimum atomic E-state index is -0.923. The first-order valence-electron chi connectivity index (χ1n) is 17.3. The predicted molar refractivity (Wildman–Crippen MR) is 191 cm³/mol. The molecule has 9 heteroatoms. The summed E-state index contributed by atoms with van der Waals surface area (Å²) in [6.07, 6.45) is 2.03. The molecular weight excluding hydrogens is 637 g/mol. The van der Waals surface area contributed by atoms with Gasteiger partial charge in [-0.15, -0.1) is 0 Å². The molecule has 5 aromatic rings. The van der Waals surface area contributed by atoms with Crippen LogP contribution >= 0.6 is 0 Å². The van der Waals surface area contributed by atoms with Crippen LogP contribution in [0, 0.1) is 18.6 Å². The normalized spacial score (nSPS) is 14.1. The van der Waals surface area contributed by atoms with E-state index >= 15 is 0 Å². The summed E-state index contributed by atoms with van der Waals surface area (Å²) in [4.78, 5) is 36.9. The summed E-state index contributed by atoms with van der Waals surface area (Å²) < 4.78 is 43.5. The van der Waals surface area contributed by atoms with E-state index in [4.69, 9.17) is 4.98 Å². The van der Waals surface area contributed by atoms with Crippen molar-refractivity contribution in [2.24, 2.45) is 0 Å². The Balaban J connectivity index is 1.32. The minimum Gasteiger partial charge on any atom is -0.334 e. The van der Waals surface area contributed by atoms with Crippen LogP contribution in [0.15, 0.2) is 89.7 Å². The Morgan fingerprint density at radius 3 is 2.20 bits per heavy atom. The van der Waals surface area contributed by atoms with Gasteiger partial charge >= 0.3 is 0 Å². The van der Waals surface area contributed by atoms with Gasteiger partial charge in [-0.3, -0.25) is 9.59 Å². The van der Waals surface area contributed by atoms with Crippen molar-refractivity contribution < 1.29 is 18.0 Å². The molecule has 3 aromatic carbocycles. The summed E-state index contributed by atoms with van der Waals surface area (Å²) in [7, 11) is 0. The van der Waals surface area contributed by atoms with Gasteiger partial charge < -0.3 is 14.4 Å². The van der Waals surface area contributed by atoms with Crippen molar-refractivity contribution >= 4 is 16.9 Å². The third-order valence-electron chi connectivity index (χ3n) is 9.89. The standard InChI is InChI=1S/C41H43F3N4O2/c1-27(2)46-21-19-34(20-22-46)47(25-30-10-14-32(15-11-30)31-12-8-29(24-42)9-13-31)39(50)26-48-35(17-16-33-5-4-6-37(43)40(33)44)23-38(49)36-18-7-28(3)45-41(36)48/h4-15,18,23,27,34H,16-17,19-22,24-26H2,1-3H3. The van der Waals surface area contributed by atoms with Crippen LogP contribution in [0.25, 0.3) is 22.2 Å². The van der Waals surface area contributed by atoms with Crippen molar-refractivity contribution in [2.45, 2.75) is 78.3 Å². The average Bonchev–Trinajstić information content (AvgIpc) is 3.12. The van der Waals surface area contributed by atoms with Gasteiger partial charge in [0.2, 0.25) is 5.91 Å². The molecule has 1 fully saturated rings. The number of aromatic nitrogens is 2. The fourth-order valence-electron chi connectivity index (χ4n) is 6.92. The van der Waals surface area contributed by atoms with Gasteiger partial charge in [0.15, 0.2) is 17.1 Å². The molecule has 50 heavy (non-hydrogen) atoms. The molecule has 0 spiro atoms. The number of nitrogens with zero attached hydrogens (tertiary/aromatic N) is 4. The smallest absolute Gasteiger partial charge is 0.243 e. The van der Waals surface area contributed by atoms with Crippen molar-refractivity contribution in [1.82, 2.24) is 19.4 Å². The number of halogens is 3. The summed E-state index contributed by atoms with van der Waals surface area (Å²) in [5.41, 5.74) is 5.21. The van der Waals surface area contributed by atoms with E-state index in [2.05, 4.69) is 18.7 Å². The van der Waals surface area contributed by atoms with Crippen molar-refractivity contribution in [2.75, 3.05) is 13.1 Å². The molecule has 2 aromatic heterocycles. The van der Waals surface area contributed by atoms with E-state index in [1.807, 2.05) is 48.2 Å². The maximum absolute atomic E-state index is 14.6. The highest BCUT2D eigenvalue weighted by Crippen LogP contribution is 2.25. The SMILES string of the molecule is Cc1ccc2c(=O)cc(CCc3cccc(F)c3F)n(CC(=O)N(Cc3ccc(-c4ccc(CF)cc4)cc3)C3CCN(C(C)C)CC3)c2n1. The molecule has 0 radical (unpaired) electrons. The Kier molecular flexibility index (Phi) is 10.8. The Morgan fingerprint density at radius 1 is 0.900 bits per heavy atom. The Hall–Kier alpha value is -4.76. The van der Waals surface area contributed by atoms with Gasteiger partial charge in [-0.25, -0.2) is 18.2 Å². The van der Waals surface area contributed by atoms with Gasteiger partial charge in [-0.05, 0) is 92.5 Å². The number of benzene rings is 3. The predicted octanol–water partition coefficient (Wildman–Crippen LogP) is 7.81. The van der Waals surface area contributed by atoms with Crippen molar-refractivity contribution in [1.29, 1.82) is 0 Å². The largest absolute Gasteiger partial charge is 0.334 e. The van der Waals surface area contributed by atoms with Crippen LogP contribution in [0.5, 0.6) is 0 Å². The van der Waals surface area contributed by atoms with Gasteiger partial charge in [0.25, 0.3) is 0 Å². The number of carbonyl (C=O) groups is 1. The molecule has 0 saturated carbocycles. The van der Waals surface area contributed by atoms with Crippen LogP contribution < -0.4 is 5.43 Å². The van der Waals surface area contributed by atoms with Crippen LogP contribution in [0.1, 0.15) is 54.8 Å². The molecule has 260 valence electrons. The molecular formula is C41H43F3N4O2. The number of rotatable bonds is 11. The summed E-state index contributed by atoms with van der Waals surface area (Å²) in [5.74, 6) is -1.94. The highest BCUT2D eigenvalue weighted by molar-refractivity contribution is 5.81. The van der Waals surface area contributed by atoms with Crippen molar-refractivity contribution in [3.8, 4) is 11.1 Å². The third kappa shape index (κ3) is 7.83. The van der Waals surface area contributed by atoms with E-state index < -0.39 is 18.3 Å². The number of carbonyl (C=O) groups excluding carboxylic acids is 1. The molecule has 0 bridgehead atoms. The summed E-state index contributed by atoms with van der Waals surface area (Å²) in [5, 5.41) is 0.399. The number of likely N-dealkylation sites (tertiary alicyclic amines) is 1. The molecule has 6 rings (SSSR count). The van der Waals surface area contributed by atoms with E-state index in [-0.39, 0.29) is 42.3 Å². The van der Waals surface area contributed by atoms with Gasteiger partial charge in [-0.1, -0.05) is 60.7 Å². The summed E-state index contributed by atoms with van der Waals surface area (Å²) in [6.45, 7) is 7.80. The first-order valence-corrected chi connectivity index (χ1v) is 17.3. The number of alkyl halides is 1. The fraction of sp³-hybridized carbons (Fsp3) is 0.341. The van der Waals surface area contributed by atoms with Gasteiger partial charge in [-0.2, -0.15) is 0 Å². The number of hydrogen-bond donors (Lipinski definition) is 0. The number of aryl methyl sites for hydroxylation is 3. The molecule has 0 N–H and O–H groups in total. The molecule has 0 unspecified atom stereocenters. The van der Waals surface area contributed by atoms with Crippen molar-refractivity contribution in [3.63, 3.8) is 0 Å². The lowest BCUT2D eigenvalue weighted by Gasteiger charge is -2.40. The van der Waals surface area contributed by atoms with Crippen LogP contribution in [-0.2, 0) is 37.4 Å². The van der Waals surface area contributed by atoms with E-state index in [9.17, 15) is 22.8 Å². The van der Waals surface area contributed by atoms with E-state index in [0.29, 0.717) is 40.6 Å². The van der Waals surface area contributed by atoms with Gasteiger partial charge in [0.1, 0.15) is 18.9 Å². The lowest BCUT2D eigenvalue weighted by molar-refractivity contribution is -0.136. The Labute approximate surface area is 291 Å². The molecule has 0 atom stereocenters. The van der Waals surface area contributed by atoms with Crippen molar-refractivity contribution in [3.05, 3.63) is 135 Å². The zero-order valence-electron chi connectivity index (χ0n) is 28.8. The second-order valence-corrected chi connectivity index (χ2v) is 13.5. The third-order valence-corrected chi connectivity index (χ3v) is 9.89. The zero-order chi connectivity index (χ0) is 35.4. The average molecular weight is 681 g/mol. The molecule has 1 amide bonds. The highest BCUT2D eigenvalue weighted by Gasteiger charge is 2.30. The minimum absolute atomic E-state index is 0.00982. The maximum Gasteiger partial charge on any atom is 0.243 e. The lowest BCUT2D eigenvalue weighted by Crippen LogP contribution is -2.49. The van der Waals surface area contributed by atoms with Gasteiger partial charge in [0.05, 0.1) is 5.39 Å². The number of fused-ring (bicyclic) bond motifs is 1. The topological polar surface area (TPSA) is 58.4 Å². The Bertz CT molecular complexity index is 2020. The number of pyridine rings is 2. The van der Waals surface area contributed by atoms with Crippen LogP contribution in [0.4, 0.5) is 13.2 Å². The molecule has 6 nitrogen and oxygen atoms in total. The number of amides is 1. The molecule has 1 aliphatic rings.